The van der Waals surface area contributed by atoms with E-state index >= 15 is 0 Å². The average Bonchev–Trinajstić information content (AvgIpc) is 2.29. The van der Waals surface area contributed by atoms with E-state index in [0.717, 1.165) is 37.3 Å². The number of nitrogens with zero attached hydrogens (tertiary/aromatic N) is 1. The minimum atomic E-state index is -0.0461. The molecule has 0 bridgehead atoms. The van der Waals surface area contributed by atoms with Crippen LogP contribution >= 0.6 is 0 Å². The Bertz CT molecular complexity index is 405. The molecule has 1 heterocycles. The van der Waals surface area contributed by atoms with Gasteiger partial charge >= 0.3 is 0 Å². The van der Waals surface area contributed by atoms with Gasteiger partial charge in [-0.3, -0.25) is 0 Å². The van der Waals surface area contributed by atoms with Crippen molar-refractivity contribution in [1.82, 2.24) is 0 Å². The molecule has 1 saturated heterocycles. The van der Waals surface area contributed by atoms with Crippen LogP contribution in [0.4, 0.5) is 11.4 Å². The predicted molar refractivity (Wildman–Crippen MR) is 72.5 cm³/mol. The van der Waals surface area contributed by atoms with Gasteiger partial charge in [0.15, 0.2) is 0 Å². The number of methoxy groups -OCH3 is 1. The molecule has 0 aromatic heterocycles. The van der Waals surface area contributed by atoms with E-state index in [4.69, 9.17) is 10.5 Å². The fourth-order valence-electron chi connectivity index (χ4n) is 2.54. The van der Waals surface area contributed by atoms with Crippen molar-refractivity contribution < 1.29 is 4.74 Å². The Kier molecular flexibility index (Phi) is 3.29. The summed E-state index contributed by atoms with van der Waals surface area (Å²) in [6.07, 6.45) is 2.27. The maximum Gasteiger partial charge on any atom is 0.0825 e. The summed E-state index contributed by atoms with van der Waals surface area (Å²) in [6.45, 7) is 6.21. The molecule has 0 amide bonds. The monoisotopic (exact) mass is 234 g/mol. The largest absolute Gasteiger partial charge is 0.397 e. The molecule has 3 heteroatoms. The summed E-state index contributed by atoms with van der Waals surface area (Å²) in [7, 11) is 1.79. The van der Waals surface area contributed by atoms with Crippen LogP contribution in [0.1, 0.15) is 25.3 Å². The van der Waals surface area contributed by atoms with Crippen LogP contribution in [0.15, 0.2) is 18.2 Å². The van der Waals surface area contributed by atoms with Crippen molar-refractivity contribution in [2.75, 3.05) is 30.8 Å². The molecule has 0 spiro atoms. The number of hydrogen-bond donors (Lipinski definition) is 1. The van der Waals surface area contributed by atoms with Gasteiger partial charge in [-0.25, -0.2) is 0 Å². The van der Waals surface area contributed by atoms with Gasteiger partial charge in [-0.1, -0.05) is 6.07 Å². The van der Waals surface area contributed by atoms with Crippen LogP contribution in [-0.2, 0) is 4.74 Å². The predicted octanol–water partition coefficient (Wildman–Crippen LogP) is 2.58. The van der Waals surface area contributed by atoms with Gasteiger partial charge in [-0.05, 0) is 44.4 Å². The van der Waals surface area contributed by atoms with Crippen molar-refractivity contribution in [3.05, 3.63) is 23.8 Å². The maximum atomic E-state index is 6.10. The van der Waals surface area contributed by atoms with Gasteiger partial charge in [0.2, 0.25) is 0 Å². The third-order valence-electron chi connectivity index (χ3n) is 3.68. The van der Waals surface area contributed by atoms with Gasteiger partial charge in [0.05, 0.1) is 17.0 Å². The van der Waals surface area contributed by atoms with E-state index in [1.165, 1.54) is 5.56 Å². The second-order valence-corrected chi connectivity index (χ2v) is 5.24. The number of aryl methyl sites for hydroxylation is 1. The molecule has 0 radical (unpaired) electrons. The first-order valence-corrected chi connectivity index (χ1v) is 6.20. The van der Waals surface area contributed by atoms with E-state index in [9.17, 15) is 0 Å². The van der Waals surface area contributed by atoms with E-state index in [0.29, 0.717) is 0 Å². The maximum absolute atomic E-state index is 6.10. The molecule has 2 N–H and O–H groups in total. The molecular formula is C14H22N2O. The number of piperidine rings is 1. The van der Waals surface area contributed by atoms with Crippen molar-refractivity contribution in [3.8, 4) is 0 Å². The topological polar surface area (TPSA) is 38.5 Å². The fourth-order valence-corrected chi connectivity index (χ4v) is 2.54. The zero-order valence-electron chi connectivity index (χ0n) is 11.0. The van der Waals surface area contributed by atoms with E-state index in [2.05, 4.69) is 30.9 Å². The van der Waals surface area contributed by atoms with Crippen LogP contribution < -0.4 is 10.6 Å². The third kappa shape index (κ3) is 2.55. The van der Waals surface area contributed by atoms with E-state index in [1.54, 1.807) is 7.11 Å². The standard InChI is InChI=1S/C14H22N2O/c1-11-5-6-13(12(15)9-11)16-8-4-7-14(2,10-16)17-3/h5-6,9H,4,7-8,10,15H2,1-3H3. The highest BCUT2D eigenvalue weighted by Crippen LogP contribution is 2.31. The lowest BCUT2D eigenvalue weighted by molar-refractivity contribution is -0.00462. The molecule has 94 valence electrons. The Hall–Kier alpha value is -1.22. The molecular weight excluding hydrogens is 212 g/mol. The minimum absolute atomic E-state index is 0.0461. The summed E-state index contributed by atoms with van der Waals surface area (Å²) in [5.74, 6) is 0. The molecule has 1 aromatic carbocycles. The van der Waals surface area contributed by atoms with Crippen LogP contribution in [-0.4, -0.2) is 25.8 Å². The molecule has 0 saturated carbocycles. The van der Waals surface area contributed by atoms with E-state index in [1.807, 2.05) is 6.07 Å². The van der Waals surface area contributed by atoms with Gasteiger partial charge in [-0.2, -0.15) is 0 Å². The highest BCUT2D eigenvalue weighted by Gasteiger charge is 2.31. The van der Waals surface area contributed by atoms with Gasteiger partial charge in [0.1, 0.15) is 0 Å². The van der Waals surface area contributed by atoms with Crippen molar-refractivity contribution in [2.24, 2.45) is 0 Å². The lowest BCUT2D eigenvalue weighted by atomic mass is 9.94. The summed E-state index contributed by atoms with van der Waals surface area (Å²) in [5, 5.41) is 0. The second-order valence-electron chi connectivity index (χ2n) is 5.24. The van der Waals surface area contributed by atoms with Gasteiger partial charge < -0.3 is 15.4 Å². The zero-order chi connectivity index (χ0) is 12.5. The molecule has 1 unspecified atom stereocenters. The Morgan fingerprint density at radius 2 is 2.18 bits per heavy atom. The van der Waals surface area contributed by atoms with Crippen LogP contribution in [0, 0.1) is 6.92 Å². The number of benzene rings is 1. The second kappa shape index (κ2) is 4.57. The summed E-state index contributed by atoms with van der Waals surface area (Å²) in [6, 6.07) is 6.27. The SMILES string of the molecule is COC1(C)CCCN(c2ccc(C)cc2N)C1. The molecule has 1 aliphatic rings. The summed E-state index contributed by atoms with van der Waals surface area (Å²) in [5.41, 5.74) is 9.26. The molecule has 1 atom stereocenters. The Morgan fingerprint density at radius 3 is 2.82 bits per heavy atom. The number of ether oxygens (including phenoxy) is 1. The number of rotatable bonds is 2. The number of anilines is 2. The van der Waals surface area contributed by atoms with Crippen LogP contribution in [0.3, 0.4) is 0 Å². The highest BCUT2D eigenvalue weighted by molar-refractivity contribution is 5.68. The van der Waals surface area contributed by atoms with Crippen LogP contribution in [0.25, 0.3) is 0 Å². The van der Waals surface area contributed by atoms with E-state index < -0.39 is 0 Å². The van der Waals surface area contributed by atoms with Crippen molar-refractivity contribution in [2.45, 2.75) is 32.3 Å². The average molecular weight is 234 g/mol. The third-order valence-corrected chi connectivity index (χ3v) is 3.68. The molecule has 17 heavy (non-hydrogen) atoms. The molecule has 2 rings (SSSR count). The summed E-state index contributed by atoms with van der Waals surface area (Å²) in [4.78, 5) is 2.34. The van der Waals surface area contributed by atoms with Crippen LogP contribution in [0.2, 0.25) is 0 Å². The molecule has 1 aliphatic heterocycles. The number of nitrogens with two attached hydrogens (primary N) is 1. The molecule has 1 aromatic rings. The van der Waals surface area contributed by atoms with Crippen LogP contribution in [0.5, 0.6) is 0 Å². The quantitative estimate of drug-likeness (QED) is 0.799. The van der Waals surface area contributed by atoms with Gasteiger partial charge in [0, 0.05) is 20.2 Å². The van der Waals surface area contributed by atoms with Crippen molar-refractivity contribution in [1.29, 1.82) is 0 Å². The Labute approximate surface area is 104 Å². The lowest BCUT2D eigenvalue weighted by Gasteiger charge is -2.41. The van der Waals surface area contributed by atoms with E-state index in [-0.39, 0.29) is 5.60 Å². The molecule has 0 aliphatic carbocycles. The minimum Gasteiger partial charge on any atom is -0.397 e. The van der Waals surface area contributed by atoms with Gasteiger partial charge in [0.25, 0.3) is 0 Å². The zero-order valence-corrected chi connectivity index (χ0v) is 11.0. The first-order chi connectivity index (χ1) is 8.04. The molecule has 1 fully saturated rings. The normalized spacial score (nSPS) is 25.0. The first-order valence-electron chi connectivity index (χ1n) is 6.20. The molecule has 3 nitrogen and oxygen atoms in total. The smallest absolute Gasteiger partial charge is 0.0825 e. The van der Waals surface area contributed by atoms with Crippen molar-refractivity contribution >= 4 is 11.4 Å². The first kappa shape index (κ1) is 12.2. The highest BCUT2D eigenvalue weighted by atomic mass is 16.5. The Balaban J connectivity index is 2.22. The number of nitrogen functional groups attached to an aromatic ring is 1. The summed E-state index contributed by atoms with van der Waals surface area (Å²) < 4.78 is 5.61. The fraction of sp³-hybridized carbons (Fsp3) is 0.571. The van der Waals surface area contributed by atoms with Gasteiger partial charge in [-0.15, -0.1) is 0 Å². The van der Waals surface area contributed by atoms with Crippen molar-refractivity contribution in [3.63, 3.8) is 0 Å². The lowest BCUT2D eigenvalue weighted by Crippen LogP contribution is -2.47. The number of hydrogen-bond acceptors (Lipinski definition) is 3. The summed E-state index contributed by atoms with van der Waals surface area (Å²) >= 11 is 0. The Morgan fingerprint density at radius 1 is 1.41 bits per heavy atom.